The Hall–Kier alpha value is -0.790. The van der Waals surface area contributed by atoms with Crippen LogP contribution in [0.25, 0.3) is 0 Å². The van der Waals surface area contributed by atoms with Crippen LogP contribution in [0.2, 0.25) is 0 Å². The Morgan fingerprint density at radius 3 is 2.20 bits per heavy atom. The molecule has 0 rings (SSSR count). The van der Waals surface area contributed by atoms with Crippen LogP contribution in [-0.4, -0.2) is 11.6 Å². The molecule has 0 aliphatic carbocycles. The van der Waals surface area contributed by atoms with Crippen molar-refractivity contribution < 1.29 is 9.53 Å². The average Bonchev–Trinajstić information content (AvgIpc) is 2.00. The number of hydrogen-bond acceptors (Lipinski definition) is 2. The lowest BCUT2D eigenvalue weighted by molar-refractivity contribution is -0.160. The molecule has 0 aromatic heterocycles. The predicted molar refractivity (Wildman–Crippen MR) is 63.7 cm³/mol. The Kier molecular flexibility index (Phi) is 5.06. The van der Waals surface area contributed by atoms with E-state index < -0.39 is 0 Å². The summed E-state index contributed by atoms with van der Waals surface area (Å²) in [6, 6.07) is 0. The highest BCUT2D eigenvalue weighted by molar-refractivity contribution is 5.71. The summed E-state index contributed by atoms with van der Waals surface area (Å²) in [6.07, 6.45) is 3.59. The number of ether oxygens (including phenoxy) is 1. The second-order valence-corrected chi connectivity index (χ2v) is 5.51. The van der Waals surface area contributed by atoms with E-state index in [0.29, 0.717) is 6.42 Å². The van der Waals surface area contributed by atoms with Gasteiger partial charge in [0.05, 0.1) is 6.42 Å². The van der Waals surface area contributed by atoms with Gasteiger partial charge >= 0.3 is 5.97 Å². The maximum Gasteiger partial charge on any atom is 0.310 e. The van der Waals surface area contributed by atoms with Crippen LogP contribution in [0.4, 0.5) is 0 Å². The Bertz CT molecular complexity index is 225. The summed E-state index contributed by atoms with van der Waals surface area (Å²) in [5.41, 5.74) is -0.183. The zero-order valence-corrected chi connectivity index (χ0v) is 10.7. The minimum Gasteiger partial charge on any atom is -0.459 e. The molecule has 0 aromatic carbocycles. The molecule has 2 nitrogen and oxygen atoms in total. The van der Waals surface area contributed by atoms with E-state index in [2.05, 4.69) is 27.4 Å². The Labute approximate surface area is 93.7 Å². The topological polar surface area (TPSA) is 26.3 Å². The molecule has 0 bridgehead atoms. The lowest BCUT2D eigenvalue weighted by Gasteiger charge is -2.34. The largest absolute Gasteiger partial charge is 0.459 e. The Balaban J connectivity index is 4.43. The first-order chi connectivity index (χ1) is 6.72. The van der Waals surface area contributed by atoms with Crippen molar-refractivity contribution in [3.63, 3.8) is 0 Å². The number of hydrogen-bond donors (Lipinski definition) is 0. The van der Waals surface area contributed by atoms with Gasteiger partial charge in [-0.1, -0.05) is 33.8 Å². The fraction of sp³-hybridized carbons (Fsp3) is 0.769. The molecule has 0 saturated heterocycles. The van der Waals surface area contributed by atoms with Gasteiger partial charge in [-0.15, -0.1) is 6.58 Å². The first-order valence-corrected chi connectivity index (χ1v) is 5.55. The van der Waals surface area contributed by atoms with Crippen LogP contribution in [-0.2, 0) is 9.53 Å². The minimum atomic E-state index is -0.349. The monoisotopic (exact) mass is 212 g/mol. The molecule has 0 aliphatic heterocycles. The zero-order valence-electron chi connectivity index (χ0n) is 10.7. The van der Waals surface area contributed by atoms with Gasteiger partial charge in [0.1, 0.15) is 5.60 Å². The van der Waals surface area contributed by atoms with Crippen LogP contribution in [0, 0.1) is 5.41 Å². The van der Waals surface area contributed by atoms with Gasteiger partial charge in [-0.25, -0.2) is 0 Å². The lowest BCUT2D eigenvalue weighted by Crippen LogP contribution is -2.35. The number of carbonyl (C=O) groups excluding carboxylic acids is 1. The fourth-order valence-electron chi connectivity index (χ4n) is 1.79. The second kappa shape index (κ2) is 5.34. The van der Waals surface area contributed by atoms with Crippen LogP contribution in [0.15, 0.2) is 12.7 Å². The van der Waals surface area contributed by atoms with E-state index in [1.54, 1.807) is 6.08 Å². The first-order valence-electron chi connectivity index (χ1n) is 5.55. The van der Waals surface area contributed by atoms with Gasteiger partial charge in [0.25, 0.3) is 0 Å². The quantitative estimate of drug-likeness (QED) is 0.513. The highest BCUT2D eigenvalue weighted by atomic mass is 16.6. The van der Waals surface area contributed by atoms with Crippen molar-refractivity contribution in [2.75, 3.05) is 0 Å². The average molecular weight is 212 g/mol. The third kappa shape index (κ3) is 6.32. The molecule has 1 atom stereocenters. The molecule has 0 amide bonds. The van der Waals surface area contributed by atoms with Gasteiger partial charge in [-0.05, 0) is 25.2 Å². The van der Waals surface area contributed by atoms with Crippen LogP contribution < -0.4 is 0 Å². The number of rotatable bonds is 5. The van der Waals surface area contributed by atoms with Crippen molar-refractivity contribution in [2.24, 2.45) is 5.41 Å². The maximum atomic E-state index is 11.4. The van der Waals surface area contributed by atoms with E-state index >= 15 is 0 Å². The molecule has 0 heterocycles. The summed E-state index contributed by atoms with van der Waals surface area (Å²) in [5.74, 6) is -0.182. The normalized spacial score (nSPS) is 15.5. The van der Waals surface area contributed by atoms with Gasteiger partial charge in [-0.3, -0.25) is 4.79 Å². The van der Waals surface area contributed by atoms with Crippen molar-refractivity contribution in [1.29, 1.82) is 0 Å². The molecule has 2 heteroatoms. The summed E-state index contributed by atoms with van der Waals surface area (Å²) in [6.45, 7) is 14.0. The van der Waals surface area contributed by atoms with Crippen molar-refractivity contribution in [3.05, 3.63) is 12.7 Å². The number of esters is 1. The standard InChI is InChI=1S/C13H24O2/c1-7-9-11(14)15-13(6,8-2)10-12(3,4)5/h7H,1,8-10H2,2-6H3. The molecule has 1 unspecified atom stereocenters. The molecule has 0 aromatic rings. The smallest absolute Gasteiger partial charge is 0.310 e. The predicted octanol–water partition coefficient (Wildman–Crippen LogP) is 3.71. The summed E-state index contributed by atoms with van der Waals surface area (Å²) in [7, 11) is 0. The van der Waals surface area contributed by atoms with Crippen LogP contribution in [0.1, 0.15) is 53.9 Å². The van der Waals surface area contributed by atoms with E-state index in [9.17, 15) is 4.79 Å². The fourth-order valence-corrected chi connectivity index (χ4v) is 1.79. The zero-order chi connectivity index (χ0) is 12.1. The molecule has 88 valence electrons. The van der Waals surface area contributed by atoms with E-state index in [1.807, 2.05) is 13.8 Å². The molecule has 0 spiro atoms. The highest BCUT2D eigenvalue weighted by Crippen LogP contribution is 2.32. The Morgan fingerprint density at radius 1 is 1.33 bits per heavy atom. The molecular formula is C13H24O2. The Morgan fingerprint density at radius 2 is 1.87 bits per heavy atom. The van der Waals surface area contributed by atoms with E-state index in [-0.39, 0.29) is 17.0 Å². The number of carbonyl (C=O) groups is 1. The minimum absolute atomic E-state index is 0.166. The van der Waals surface area contributed by atoms with Gasteiger partial charge < -0.3 is 4.74 Å². The highest BCUT2D eigenvalue weighted by Gasteiger charge is 2.31. The van der Waals surface area contributed by atoms with E-state index in [4.69, 9.17) is 4.74 Å². The molecule has 0 N–H and O–H groups in total. The van der Waals surface area contributed by atoms with Crippen molar-refractivity contribution in [3.8, 4) is 0 Å². The summed E-state index contributed by atoms with van der Waals surface area (Å²) in [4.78, 5) is 11.4. The van der Waals surface area contributed by atoms with Crippen molar-refractivity contribution in [1.82, 2.24) is 0 Å². The summed E-state index contributed by atoms with van der Waals surface area (Å²) in [5, 5.41) is 0. The molecule has 0 saturated carbocycles. The molecule has 0 radical (unpaired) electrons. The summed E-state index contributed by atoms with van der Waals surface area (Å²) >= 11 is 0. The SMILES string of the molecule is C=CCC(=O)OC(C)(CC)CC(C)(C)C. The molecule has 15 heavy (non-hydrogen) atoms. The molecule has 0 fully saturated rings. The summed E-state index contributed by atoms with van der Waals surface area (Å²) < 4.78 is 5.49. The third-order valence-electron chi connectivity index (χ3n) is 2.32. The van der Waals surface area contributed by atoms with Crippen molar-refractivity contribution in [2.45, 2.75) is 59.5 Å². The molecular weight excluding hydrogens is 188 g/mol. The van der Waals surface area contributed by atoms with E-state index in [0.717, 1.165) is 12.8 Å². The van der Waals surface area contributed by atoms with Gasteiger partial charge in [0, 0.05) is 0 Å². The lowest BCUT2D eigenvalue weighted by atomic mass is 9.81. The van der Waals surface area contributed by atoms with Crippen LogP contribution in [0.5, 0.6) is 0 Å². The van der Waals surface area contributed by atoms with Crippen molar-refractivity contribution >= 4 is 5.97 Å². The van der Waals surface area contributed by atoms with Crippen LogP contribution in [0.3, 0.4) is 0 Å². The van der Waals surface area contributed by atoms with Crippen LogP contribution >= 0.6 is 0 Å². The first kappa shape index (κ1) is 14.2. The second-order valence-electron chi connectivity index (χ2n) is 5.51. The van der Waals surface area contributed by atoms with Gasteiger partial charge in [-0.2, -0.15) is 0 Å². The van der Waals surface area contributed by atoms with E-state index in [1.165, 1.54) is 0 Å². The maximum absolute atomic E-state index is 11.4. The third-order valence-corrected chi connectivity index (χ3v) is 2.32. The molecule has 0 aliphatic rings. The van der Waals surface area contributed by atoms with Gasteiger partial charge in [0.2, 0.25) is 0 Å². The van der Waals surface area contributed by atoms with Gasteiger partial charge in [0.15, 0.2) is 0 Å².